The maximum atomic E-state index is 13.2. The molecule has 16 heavy (non-hydrogen) atoms. The Bertz CT molecular complexity index is 504. The molecule has 0 aliphatic rings. The summed E-state index contributed by atoms with van der Waals surface area (Å²) in [6.07, 6.45) is 0. The van der Waals surface area contributed by atoms with Crippen molar-refractivity contribution in [2.45, 2.75) is 0 Å². The van der Waals surface area contributed by atoms with Gasteiger partial charge < -0.3 is 0 Å². The van der Waals surface area contributed by atoms with Gasteiger partial charge in [-0.15, -0.1) is 0 Å². The second kappa shape index (κ2) is 3.86. The van der Waals surface area contributed by atoms with E-state index in [9.17, 15) is 22.0 Å². The molecule has 0 spiro atoms. The lowest BCUT2D eigenvalue weighted by molar-refractivity contribution is 0.381. The Labute approximate surface area is 91.0 Å². The standard InChI is InChI=1S/C10H3F5S/c11-6-5(4-1-2-16-3-4)7(12)9(14)10(15)8(6)13/h1-3H. The third kappa shape index (κ3) is 1.49. The average Bonchev–Trinajstić information content (AvgIpc) is 2.77. The number of hydrogen-bond acceptors (Lipinski definition) is 1. The summed E-state index contributed by atoms with van der Waals surface area (Å²) in [5.74, 6) is -9.63. The highest BCUT2D eigenvalue weighted by Crippen LogP contribution is 2.32. The predicted octanol–water partition coefficient (Wildman–Crippen LogP) is 4.11. The van der Waals surface area contributed by atoms with Crippen LogP contribution < -0.4 is 0 Å². The molecule has 1 aromatic heterocycles. The van der Waals surface area contributed by atoms with Crippen LogP contribution in [0.5, 0.6) is 0 Å². The largest absolute Gasteiger partial charge is 0.203 e. The van der Waals surface area contributed by atoms with Crippen molar-refractivity contribution in [1.82, 2.24) is 0 Å². The topological polar surface area (TPSA) is 0 Å². The minimum Gasteiger partial charge on any atom is -0.203 e. The number of hydrogen-bond donors (Lipinski definition) is 0. The van der Waals surface area contributed by atoms with Gasteiger partial charge in [-0.1, -0.05) is 0 Å². The van der Waals surface area contributed by atoms with Crippen molar-refractivity contribution in [3.63, 3.8) is 0 Å². The van der Waals surface area contributed by atoms with E-state index >= 15 is 0 Å². The predicted molar refractivity (Wildman–Crippen MR) is 49.5 cm³/mol. The van der Waals surface area contributed by atoms with E-state index in [1.807, 2.05) is 0 Å². The summed E-state index contributed by atoms with van der Waals surface area (Å²) in [6.45, 7) is 0. The van der Waals surface area contributed by atoms with E-state index < -0.39 is 34.6 Å². The van der Waals surface area contributed by atoms with Gasteiger partial charge in [0.2, 0.25) is 5.82 Å². The molecule has 0 saturated carbocycles. The Morgan fingerprint density at radius 3 is 1.69 bits per heavy atom. The molecule has 0 unspecified atom stereocenters. The second-order valence-corrected chi connectivity index (χ2v) is 3.74. The molecule has 1 heterocycles. The molecule has 0 aliphatic carbocycles. The van der Waals surface area contributed by atoms with Crippen LogP contribution in [-0.2, 0) is 0 Å². The summed E-state index contributed by atoms with van der Waals surface area (Å²) >= 11 is 1.10. The molecule has 2 rings (SSSR count). The van der Waals surface area contributed by atoms with Crippen molar-refractivity contribution in [3.05, 3.63) is 45.9 Å². The lowest BCUT2D eigenvalue weighted by atomic mass is 10.1. The molecule has 0 N–H and O–H groups in total. The van der Waals surface area contributed by atoms with E-state index in [4.69, 9.17) is 0 Å². The smallest absolute Gasteiger partial charge is 0.200 e. The zero-order valence-corrected chi connectivity index (χ0v) is 8.35. The average molecular weight is 250 g/mol. The summed E-state index contributed by atoms with van der Waals surface area (Å²) < 4.78 is 64.9. The highest BCUT2D eigenvalue weighted by atomic mass is 32.1. The Morgan fingerprint density at radius 2 is 1.25 bits per heavy atom. The van der Waals surface area contributed by atoms with Crippen LogP contribution in [0.3, 0.4) is 0 Å². The van der Waals surface area contributed by atoms with Crippen LogP contribution in [0.4, 0.5) is 22.0 Å². The van der Waals surface area contributed by atoms with Gasteiger partial charge in [0.15, 0.2) is 23.3 Å². The molecule has 0 bridgehead atoms. The van der Waals surface area contributed by atoms with Crippen LogP contribution in [0, 0.1) is 29.1 Å². The summed E-state index contributed by atoms with van der Waals surface area (Å²) in [6, 6.07) is 1.28. The van der Waals surface area contributed by atoms with Crippen LogP contribution in [0.15, 0.2) is 16.8 Å². The minimum atomic E-state index is -2.14. The maximum Gasteiger partial charge on any atom is 0.200 e. The van der Waals surface area contributed by atoms with E-state index in [0.717, 1.165) is 11.3 Å². The number of benzene rings is 1. The summed E-state index contributed by atoms with van der Waals surface area (Å²) in [4.78, 5) is 0. The summed E-state index contributed by atoms with van der Waals surface area (Å²) in [5, 5.41) is 2.78. The molecule has 0 aliphatic heterocycles. The van der Waals surface area contributed by atoms with Crippen LogP contribution in [0.2, 0.25) is 0 Å². The molecule has 0 radical (unpaired) electrons. The Kier molecular flexibility index (Phi) is 2.67. The third-order valence-corrected chi connectivity index (χ3v) is 2.70. The van der Waals surface area contributed by atoms with Crippen molar-refractivity contribution >= 4 is 11.3 Å². The monoisotopic (exact) mass is 250 g/mol. The first-order chi connectivity index (χ1) is 7.54. The number of halogens is 5. The number of rotatable bonds is 1. The fourth-order valence-corrected chi connectivity index (χ4v) is 1.91. The van der Waals surface area contributed by atoms with Gasteiger partial charge in [-0.05, 0) is 22.4 Å². The van der Waals surface area contributed by atoms with Crippen molar-refractivity contribution in [2.24, 2.45) is 0 Å². The fraction of sp³-hybridized carbons (Fsp3) is 0. The molecule has 0 nitrogen and oxygen atoms in total. The van der Waals surface area contributed by atoms with Gasteiger partial charge in [0.25, 0.3) is 0 Å². The molecular weight excluding hydrogens is 247 g/mol. The van der Waals surface area contributed by atoms with E-state index in [-0.39, 0.29) is 5.56 Å². The van der Waals surface area contributed by atoms with Crippen molar-refractivity contribution in [1.29, 1.82) is 0 Å². The van der Waals surface area contributed by atoms with Gasteiger partial charge in [-0.3, -0.25) is 0 Å². The molecule has 0 saturated heterocycles. The molecule has 2 aromatic rings. The van der Waals surface area contributed by atoms with Gasteiger partial charge in [0.1, 0.15) is 0 Å². The molecule has 1 aromatic carbocycles. The molecule has 84 valence electrons. The first-order valence-corrected chi connectivity index (χ1v) is 5.02. The van der Waals surface area contributed by atoms with E-state index in [1.54, 1.807) is 0 Å². The normalized spacial score (nSPS) is 10.8. The second-order valence-electron chi connectivity index (χ2n) is 2.96. The molecule has 0 fully saturated rings. The van der Waals surface area contributed by atoms with Crippen LogP contribution >= 0.6 is 11.3 Å². The van der Waals surface area contributed by atoms with Crippen molar-refractivity contribution in [3.8, 4) is 11.1 Å². The van der Waals surface area contributed by atoms with Gasteiger partial charge in [-0.2, -0.15) is 11.3 Å². The lowest BCUT2D eigenvalue weighted by Crippen LogP contribution is -2.03. The third-order valence-electron chi connectivity index (χ3n) is 2.02. The van der Waals surface area contributed by atoms with Gasteiger partial charge >= 0.3 is 0 Å². The zero-order valence-electron chi connectivity index (χ0n) is 7.53. The first-order valence-electron chi connectivity index (χ1n) is 4.08. The number of thiophene rings is 1. The van der Waals surface area contributed by atoms with Crippen LogP contribution in [-0.4, -0.2) is 0 Å². The minimum absolute atomic E-state index is 0.0298. The quantitative estimate of drug-likeness (QED) is 0.406. The molecule has 6 heteroatoms. The van der Waals surface area contributed by atoms with Crippen molar-refractivity contribution < 1.29 is 22.0 Å². The van der Waals surface area contributed by atoms with Gasteiger partial charge in [0.05, 0.1) is 5.56 Å². The lowest BCUT2D eigenvalue weighted by Gasteiger charge is -2.06. The van der Waals surface area contributed by atoms with Gasteiger partial charge in [0, 0.05) is 0 Å². The molecule has 0 amide bonds. The highest BCUT2D eigenvalue weighted by Gasteiger charge is 2.26. The Hall–Kier alpha value is -1.43. The molecular formula is C10H3F5S. The van der Waals surface area contributed by atoms with E-state index in [0.29, 0.717) is 0 Å². The zero-order chi connectivity index (χ0) is 11.9. The SMILES string of the molecule is Fc1c(F)c(F)c(-c2ccsc2)c(F)c1F. The van der Waals surface area contributed by atoms with Crippen LogP contribution in [0.1, 0.15) is 0 Å². The Balaban J connectivity index is 2.81. The highest BCUT2D eigenvalue weighted by molar-refractivity contribution is 7.08. The van der Waals surface area contributed by atoms with Crippen LogP contribution in [0.25, 0.3) is 11.1 Å². The summed E-state index contributed by atoms with van der Waals surface area (Å²) in [5.41, 5.74) is -0.921. The first kappa shape index (κ1) is 11.1. The maximum absolute atomic E-state index is 13.2. The van der Waals surface area contributed by atoms with E-state index in [2.05, 4.69) is 0 Å². The fourth-order valence-electron chi connectivity index (χ4n) is 1.27. The van der Waals surface area contributed by atoms with Gasteiger partial charge in [-0.25, -0.2) is 22.0 Å². The van der Waals surface area contributed by atoms with E-state index in [1.165, 1.54) is 16.8 Å². The van der Waals surface area contributed by atoms with Crippen molar-refractivity contribution in [2.75, 3.05) is 0 Å². The summed E-state index contributed by atoms with van der Waals surface area (Å²) in [7, 11) is 0. The Morgan fingerprint density at radius 1 is 0.750 bits per heavy atom. The molecule has 0 atom stereocenters.